The highest BCUT2D eigenvalue weighted by atomic mass is 35.5. The second-order valence-electron chi connectivity index (χ2n) is 5.93. The average Bonchev–Trinajstić information content (AvgIpc) is 2.99. The smallest absolute Gasteiger partial charge is 0.410 e. The van der Waals surface area contributed by atoms with E-state index in [4.69, 9.17) is 16.3 Å². The van der Waals surface area contributed by atoms with Crippen LogP contribution < -0.4 is 9.64 Å². The highest BCUT2D eigenvalue weighted by Gasteiger charge is 2.39. The number of alkyl halides is 3. The summed E-state index contributed by atoms with van der Waals surface area (Å²) < 4.78 is 46.5. The largest absolute Gasteiger partial charge is 0.435 e. The number of amides is 1. The summed E-state index contributed by atoms with van der Waals surface area (Å²) in [7, 11) is 1.32. The maximum atomic E-state index is 13.4. The van der Waals surface area contributed by atoms with Gasteiger partial charge < -0.3 is 4.74 Å². The molecule has 3 rings (SSSR count). The highest BCUT2D eigenvalue weighted by molar-refractivity contribution is 6.30. The molecule has 0 atom stereocenters. The minimum atomic E-state index is -4.69. The molecule has 0 aliphatic heterocycles. The van der Waals surface area contributed by atoms with E-state index in [0.29, 0.717) is 5.02 Å². The van der Waals surface area contributed by atoms with Gasteiger partial charge in [0.05, 0.1) is 5.69 Å². The summed E-state index contributed by atoms with van der Waals surface area (Å²) in [5.74, 6) is 0.192. The Labute approximate surface area is 163 Å². The zero-order valence-corrected chi connectivity index (χ0v) is 15.6. The number of halogens is 4. The lowest BCUT2D eigenvalue weighted by Gasteiger charge is -2.19. The Morgan fingerprint density at radius 2 is 1.82 bits per heavy atom. The maximum Gasteiger partial charge on any atom is 0.435 e. The van der Waals surface area contributed by atoms with Gasteiger partial charge in [-0.1, -0.05) is 35.9 Å². The summed E-state index contributed by atoms with van der Waals surface area (Å²) in [4.78, 5) is 13.5. The molecule has 0 spiro atoms. The number of benzene rings is 2. The average molecular weight is 410 g/mol. The molecule has 0 aliphatic rings. The number of hydrogen-bond acceptors (Lipinski definition) is 3. The lowest BCUT2D eigenvalue weighted by Crippen LogP contribution is -2.31. The first-order valence-electron chi connectivity index (χ1n) is 8.12. The van der Waals surface area contributed by atoms with E-state index in [1.807, 2.05) is 0 Å². The molecule has 3 aromatic rings. The van der Waals surface area contributed by atoms with Crippen LogP contribution in [-0.2, 0) is 6.18 Å². The molecule has 5 nitrogen and oxygen atoms in total. The van der Waals surface area contributed by atoms with Crippen molar-refractivity contribution in [1.82, 2.24) is 9.78 Å². The van der Waals surface area contributed by atoms with Crippen molar-refractivity contribution in [3.8, 4) is 11.4 Å². The van der Waals surface area contributed by atoms with Gasteiger partial charge in [-0.25, -0.2) is 9.48 Å². The Bertz CT molecular complexity index is 1000. The fourth-order valence-electron chi connectivity index (χ4n) is 2.68. The van der Waals surface area contributed by atoms with Crippen LogP contribution in [0.2, 0.25) is 5.02 Å². The van der Waals surface area contributed by atoms with Gasteiger partial charge in [0.2, 0.25) is 0 Å². The van der Waals surface area contributed by atoms with Crippen LogP contribution in [-0.4, -0.2) is 22.9 Å². The molecule has 1 aromatic heterocycles. The van der Waals surface area contributed by atoms with Crippen molar-refractivity contribution in [1.29, 1.82) is 0 Å². The SMILES string of the molecule is Cc1c(C(F)(F)F)nn(-c2cccc(Cl)c2)c1N(C)C(=O)Oc1ccccc1. The van der Waals surface area contributed by atoms with Gasteiger partial charge in [0, 0.05) is 17.6 Å². The van der Waals surface area contributed by atoms with E-state index in [2.05, 4.69) is 5.10 Å². The molecular weight excluding hydrogens is 395 g/mol. The molecule has 0 saturated carbocycles. The van der Waals surface area contributed by atoms with Gasteiger partial charge in [0.15, 0.2) is 5.69 Å². The predicted octanol–water partition coefficient (Wildman–Crippen LogP) is 5.49. The fourth-order valence-corrected chi connectivity index (χ4v) is 2.87. The lowest BCUT2D eigenvalue weighted by molar-refractivity contribution is -0.141. The van der Waals surface area contributed by atoms with Crippen molar-refractivity contribution in [2.75, 3.05) is 11.9 Å². The molecule has 0 unspecified atom stereocenters. The zero-order valence-electron chi connectivity index (χ0n) is 14.9. The molecule has 0 saturated heterocycles. The van der Waals surface area contributed by atoms with Gasteiger partial charge in [-0.05, 0) is 37.3 Å². The van der Waals surface area contributed by atoms with Crippen molar-refractivity contribution in [3.05, 3.63) is 70.9 Å². The van der Waals surface area contributed by atoms with Crippen molar-refractivity contribution in [2.45, 2.75) is 13.1 Å². The molecule has 1 heterocycles. The van der Waals surface area contributed by atoms with E-state index in [0.717, 1.165) is 9.58 Å². The topological polar surface area (TPSA) is 47.4 Å². The molecule has 9 heteroatoms. The highest BCUT2D eigenvalue weighted by Crippen LogP contribution is 2.37. The van der Waals surface area contributed by atoms with Crippen LogP contribution in [0.4, 0.5) is 23.8 Å². The maximum absolute atomic E-state index is 13.4. The van der Waals surface area contributed by atoms with Gasteiger partial charge in [0.1, 0.15) is 11.6 Å². The Morgan fingerprint density at radius 1 is 1.14 bits per heavy atom. The third kappa shape index (κ3) is 3.96. The summed E-state index contributed by atoms with van der Waals surface area (Å²) in [6.45, 7) is 1.25. The monoisotopic (exact) mass is 409 g/mol. The first-order chi connectivity index (χ1) is 13.2. The zero-order chi connectivity index (χ0) is 20.5. The van der Waals surface area contributed by atoms with Gasteiger partial charge in [-0.15, -0.1) is 0 Å². The standard InChI is InChI=1S/C19H15ClF3N3O2/c1-12-16(19(21,22)23)24-26(14-8-6-7-13(20)11-14)17(12)25(2)18(27)28-15-9-4-3-5-10-15/h3-11H,1-2H3. The molecule has 0 fully saturated rings. The molecule has 28 heavy (non-hydrogen) atoms. The summed E-state index contributed by atoms with van der Waals surface area (Å²) in [5.41, 5.74) is -1.03. The number of anilines is 1. The molecule has 0 aliphatic carbocycles. The van der Waals surface area contributed by atoms with E-state index >= 15 is 0 Å². The van der Waals surface area contributed by atoms with Crippen molar-refractivity contribution in [3.63, 3.8) is 0 Å². The third-order valence-corrected chi connectivity index (χ3v) is 4.19. The van der Waals surface area contributed by atoms with Crippen LogP contribution in [0.5, 0.6) is 5.75 Å². The molecule has 0 radical (unpaired) electrons. The van der Waals surface area contributed by atoms with Crippen LogP contribution in [0.1, 0.15) is 11.3 Å². The molecule has 146 valence electrons. The van der Waals surface area contributed by atoms with E-state index in [9.17, 15) is 18.0 Å². The molecule has 2 aromatic carbocycles. The lowest BCUT2D eigenvalue weighted by atomic mass is 10.2. The Balaban J connectivity index is 2.07. The summed E-state index contributed by atoms with van der Waals surface area (Å²) in [6.07, 6.45) is -5.54. The van der Waals surface area contributed by atoms with E-state index < -0.39 is 18.0 Å². The number of aromatic nitrogens is 2. The molecule has 1 amide bonds. The summed E-state index contributed by atoms with van der Waals surface area (Å²) in [5, 5.41) is 4.01. The first kappa shape index (κ1) is 19.8. The number of hydrogen-bond donors (Lipinski definition) is 0. The molecule has 0 N–H and O–H groups in total. The van der Waals surface area contributed by atoms with Gasteiger partial charge in [-0.3, -0.25) is 4.90 Å². The minimum Gasteiger partial charge on any atom is -0.410 e. The van der Waals surface area contributed by atoms with E-state index in [-0.39, 0.29) is 22.8 Å². The number of carbonyl (C=O) groups excluding carboxylic acids is 1. The molecule has 0 bridgehead atoms. The van der Waals surface area contributed by atoms with Crippen molar-refractivity contribution < 1.29 is 22.7 Å². The first-order valence-corrected chi connectivity index (χ1v) is 8.49. The molecular formula is C19H15ClF3N3O2. The summed E-state index contributed by atoms with van der Waals surface area (Å²) >= 11 is 5.96. The number of nitrogens with zero attached hydrogens (tertiary/aromatic N) is 3. The van der Waals surface area contributed by atoms with Gasteiger partial charge in [0.25, 0.3) is 0 Å². The second kappa shape index (κ2) is 7.55. The van der Waals surface area contributed by atoms with Crippen LogP contribution in [0, 0.1) is 6.92 Å². The van der Waals surface area contributed by atoms with Gasteiger partial charge >= 0.3 is 12.3 Å². The van der Waals surface area contributed by atoms with E-state index in [1.165, 1.54) is 20.0 Å². The van der Waals surface area contributed by atoms with Crippen LogP contribution in [0.25, 0.3) is 5.69 Å². The quantitative estimate of drug-likeness (QED) is 0.574. The van der Waals surface area contributed by atoms with E-state index in [1.54, 1.807) is 48.5 Å². The second-order valence-corrected chi connectivity index (χ2v) is 6.36. The van der Waals surface area contributed by atoms with Crippen LogP contribution >= 0.6 is 11.6 Å². The third-order valence-electron chi connectivity index (χ3n) is 3.95. The van der Waals surface area contributed by atoms with Gasteiger partial charge in [-0.2, -0.15) is 18.3 Å². The number of para-hydroxylation sites is 1. The fraction of sp³-hybridized carbons (Fsp3) is 0.158. The number of rotatable bonds is 3. The Kier molecular flexibility index (Phi) is 5.33. The van der Waals surface area contributed by atoms with Crippen LogP contribution in [0.15, 0.2) is 54.6 Å². The Hall–Kier alpha value is -3.00. The minimum absolute atomic E-state index is 0.0736. The predicted molar refractivity (Wildman–Crippen MR) is 99.2 cm³/mol. The summed E-state index contributed by atoms with van der Waals surface area (Å²) in [6, 6.07) is 14.4. The van der Waals surface area contributed by atoms with Crippen molar-refractivity contribution in [2.24, 2.45) is 0 Å². The normalized spacial score (nSPS) is 11.4. The number of ether oxygens (including phenoxy) is 1. The van der Waals surface area contributed by atoms with Crippen LogP contribution in [0.3, 0.4) is 0 Å². The van der Waals surface area contributed by atoms with Crippen molar-refractivity contribution >= 4 is 23.5 Å². The Morgan fingerprint density at radius 3 is 2.43 bits per heavy atom. The number of carbonyl (C=O) groups is 1.